The van der Waals surface area contributed by atoms with Crippen molar-refractivity contribution in [3.63, 3.8) is 0 Å². The van der Waals surface area contributed by atoms with Crippen molar-refractivity contribution in [1.82, 2.24) is 20.2 Å². The molecule has 0 aliphatic heterocycles. The lowest BCUT2D eigenvalue weighted by molar-refractivity contribution is -0.130. The average molecular weight is 333 g/mol. The molecule has 1 fully saturated rings. The van der Waals surface area contributed by atoms with Crippen LogP contribution in [0.4, 0.5) is 0 Å². The van der Waals surface area contributed by atoms with Gasteiger partial charge in [0.05, 0.1) is 16.3 Å². The number of aromatic nitrogens is 4. The Bertz CT molecular complexity index is 763. The minimum Gasteiger partial charge on any atom is -0.478 e. The maximum Gasteiger partial charge on any atom is 0.335 e. The maximum absolute atomic E-state index is 11.6. The van der Waals surface area contributed by atoms with E-state index >= 15 is 0 Å². The first-order chi connectivity index (χ1) is 11.1. The van der Waals surface area contributed by atoms with Crippen molar-refractivity contribution in [2.24, 2.45) is 5.92 Å². The van der Waals surface area contributed by atoms with Crippen molar-refractivity contribution < 1.29 is 9.90 Å². The third-order valence-corrected chi connectivity index (χ3v) is 4.45. The van der Waals surface area contributed by atoms with Crippen LogP contribution in [0.5, 0.6) is 0 Å². The summed E-state index contributed by atoms with van der Waals surface area (Å²) in [4.78, 5) is 11.6. The molecule has 0 atom stereocenters. The van der Waals surface area contributed by atoms with Gasteiger partial charge in [-0.2, -0.15) is 4.68 Å². The Labute approximate surface area is 138 Å². The van der Waals surface area contributed by atoms with Gasteiger partial charge in [-0.3, -0.25) is 0 Å². The van der Waals surface area contributed by atoms with Gasteiger partial charge in [0.15, 0.2) is 5.82 Å². The molecule has 120 valence electrons. The van der Waals surface area contributed by atoms with Crippen LogP contribution in [0, 0.1) is 12.8 Å². The number of tetrazole rings is 1. The second-order valence-electron chi connectivity index (χ2n) is 5.73. The first-order valence-electron chi connectivity index (χ1n) is 7.56. The number of aryl methyl sites for hydroxylation is 1. The van der Waals surface area contributed by atoms with E-state index in [1.165, 1.54) is 4.68 Å². The summed E-state index contributed by atoms with van der Waals surface area (Å²) in [5.41, 5.74) is 1.53. The van der Waals surface area contributed by atoms with E-state index in [0.29, 0.717) is 33.6 Å². The molecule has 23 heavy (non-hydrogen) atoms. The molecule has 1 N–H and O–H groups in total. The number of carbonyl (C=O) groups is 1. The zero-order valence-electron chi connectivity index (χ0n) is 12.7. The molecule has 6 nitrogen and oxygen atoms in total. The van der Waals surface area contributed by atoms with E-state index in [2.05, 4.69) is 15.5 Å². The fraction of sp³-hybridized carbons (Fsp3) is 0.375. The topological polar surface area (TPSA) is 80.9 Å². The van der Waals surface area contributed by atoms with E-state index in [9.17, 15) is 9.90 Å². The number of allylic oxidation sites excluding steroid dienone is 1. The lowest BCUT2D eigenvalue weighted by Gasteiger charge is -2.10. The summed E-state index contributed by atoms with van der Waals surface area (Å²) in [6, 6.07) is 5.15. The molecule has 1 heterocycles. The second kappa shape index (κ2) is 6.50. The number of hydrogen-bond donors (Lipinski definition) is 1. The molecule has 2 aromatic rings. The number of hydrogen-bond acceptors (Lipinski definition) is 4. The molecule has 0 bridgehead atoms. The molecule has 0 unspecified atom stereocenters. The van der Waals surface area contributed by atoms with Crippen LogP contribution in [0.2, 0.25) is 5.02 Å². The Balaban J connectivity index is 1.97. The van der Waals surface area contributed by atoms with Gasteiger partial charge in [-0.1, -0.05) is 36.6 Å². The molecular weight excluding hydrogens is 316 g/mol. The molecule has 3 rings (SSSR count). The van der Waals surface area contributed by atoms with Crippen molar-refractivity contribution in [2.45, 2.75) is 32.6 Å². The number of benzene rings is 1. The predicted molar refractivity (Wildman–Crippen MR) is 86.5 cm³/mol. The fourth-order valence-corrected chi connectivity index (χ4v) is 3.21. The molecule has 1 aromatic heterocycles. The average Bonchev–Trinajstić information content (AvgIpc) is 3.16. The van der Waals surface area contributed by atoms with E-state index in [1.807, 2.05) is 6.08 Å². The number of halogens is 1. The molecule has 1 aromatic carbocycles. The highest BCUT2D eigenvalue weighted by molar-refractivity contribution is 6.32. The molecule has 0 saturated heterocycles. The summed E-state index contributed by atoms with van der Waals surface area (Å²) in [7, 11) is 0. The minimum atomic E-state index is -0.931. The van der Waals surface area contributed by atoms with Crippen molar-refractivity contribution >= 4 is 23.1 Å². The maximum atomic E-state index is 11.6. The highest BCUT2D eigenvalue weighted by Gasteiger charge is 2.19. The normalized spacial score (nSPS) is 16.0. The Morgan fingerprint density at radius 2 is 2.13 bits per heavy atom. The second-order valence-corrected chi connectivity index (χ2v) is 6.14. The summed E-state index contributed by atoms with van der Waals surface area (Å²) in [6.45, 7) is 1.77. The van der Waals surface area contributed by atoms with Crippen LogP contribution in [-0.4, -0.2) is 31.3 Å². The van der Waals surface area contributed by atoms with Crippen LogP contribution in [-0.2, 0) is 4.79 Å². The van der Waals surface area contributed by atoms with E-state index in [0.717, 1.165) is 25.7 Å². The first kappa shape index (κ1) is 15.7. The Morgan fingerprint density at radius 1 is 1.39 bits per heavy atom. The summed E-state index contributed by atoms with van der Waals surface area (Å²) >= 11 is 6.32. The Morgan fingerprint density at radius 3 is 2.70 bits per heavy atom. The van der Waals surface area contributed by atoms with Crippen LogP contribution >= 0.6 is 11.6 Å². The third-order valence-electron chi connectivity index (χ3n) is 4.14. The molecule has 1 aliphatic rings. The van der Waals surface area contributed by atoms with E-state index in [-0.39, 0.29) is 0 Å². The summed E-state index contributed by atoms with van der Waals surface area (Å²) in [6.07, 6.45) is 6.28. The molecule has 0 spiro atoms. The quantitative estimate of drug-likeness (QED) is 0.869. The Hall–Kier alpha value is -2.21. The SMILES string of the molecule is Cc1nnnn1-c1ccc(/C(=C\C2CCCC2)C(=O)O)cc1Cl. The number of carboxylic acids is 1. The van der Waals surface area contributed by atoms with Gasteiger partial charge >= 0.3 is 5.97 Å². The van der Waals surface area contributed by atoms with Gasteiger partial charge in [-0.15, -0.1) is 5.10 Å². The molecular formula is C16H17ClN4O2. The van der Waals surface area contributed by atoms with Gasteiger partial charge in [0.25, 0.3) is 0 Å². The van der Waals surface area contributed by atoms with Gasteiger partial charge in [0.2, 0.25) is 0 Å². The largest absolute Gasteiger partial charge is 0.478 e. The number of rotatable bonds is 4. The van der Waals surface area contributed by atoms with E-state index in [4.69, 9.17) is 11.6 Å². The molecule has 1 saturated carbocycles. The number of aliphatic carboxylic acids is 1. The van der Waals surface area contributed by atoms with Crippen LogP contribution in [0.15, 0.2) is 24.3 Å². The fourth-order valence-electron chi connectivity index (χ4n) is 2.95. The smallest absolute Gasteiger partial charge is 0.335 e. The zero-order valence-corrected chi connectivity index (χ0v) is 13.5. The third kappa shape index (κ3) is 3.27. The Kier molecular flexibility index (Phi) is 4.43. The van der Waals surface area contributed by atoms with E-state index in [1.54, 1.807) is 25.1 Å². The van der Waals surface area contributed by atoms with Crippen molar-refractivity contribution in [3.8, 4) is 5.69 Å². The van der Waals surface area contributed by atoms with Crippen LogP contribution < -0.4 is 0 Å². The van der Waals surface area contributed by atoms with Gasteiger partial charge in [-0.25, -0.2) is 4.79 Å². The highest BCUT2D eigenvalue weighted by Crippen LogP contribution is 2.31. The summed E-state index contributed by atoms with van der Waals surface area (Å²) in [5, 5.41) is 21.2. The molecule has 7 heteroatoms. The van der Waals surface area contributed by atoms with Crippen LogP contribution in [0.1, 0.15) is 37.1 Å². The lowest BCUT2D eigenvalue weighted by Crippen LogP contribution is -2.05. The van der Waals surface area contributed by atoms with Crippen LogP contribution in [0.25, 0.3) is 11.3 Å². The number of nitrogens with zero attached hydrogens (tertiary/aromatic N) is 4. The van der Waals surface area contributed by atoms with Gasteiger partial charge in [0.1, 0.15) is 0 Å². The number of carboxylic acid groups (broad SMARTS) is 1. The standard InChI is InChI=1S/C16H17ClN4O2/c1-10-18-19-20-21(10)15-7-6-12(9-14(15)17)13(16(22)23)8-11-4-2-3-5-11/h6-9,11H,2-5H2,1H3,(H,22,23)/b13-8+. The minimum absolute atomic E-state index is 0.304. The molecule has 0 amide bonds. The zero-order chi connectivity index (χ0) is 16.4. The molecule has 0 radical (unpaired) electrons. The first-order valence-corrected chi connectivity index (χ1v) is 7.94. The van der Waals surface area contributed by atoms with Crippen LogP contribution in [0.3, 0.4) is 0 Å². The van der Waals surface area contributed by atoms with Crippen molar-refractivity contribution in [3.05, 3.63) is 40.7 Å². The lowest BCUT2D eigenvalue weighted by atomic mass is 9.98. The van der Waals surface area contributed by atoms with Crippen molar-refractivity contribution in [1.29, 1.82) is 0 Å². The van der Waals surface area contributed by atoms with Crippen molar-refractivity contribution in [2.75, 3.05) is 0 Å². The van der Waals surface area contributed by atoms with Gasteiger partial charge < -0.3 is 5.11 Å². The predicted octanol–water partition coefficient (Wildman–Crippen LogP) is 3.28. The van der Waals surface area contributed by atoms with Gasteiger partial charge in [-0.05, 0) is 53.8 Å². The summed E-state index contributed by atoms with van der Waals surface area (Å²) in [5.74, 6) is 0.0141. The monoisotopic (exact) mass is 332 g/mol. The summed E-state index contributed by atoms with van der Waals surface area (Å²) < 4.78 is 1.52. The highest BCUT2D eigenvalue weighted by atomic mass is 35.5. The molecule has 1 aliphatic carbocycles. The van der Waals surface area contributed by atoms with Gasteiger partial charge in [0, 0.05) is 0 Å². The van der Waals surface area contributed by atoms with E-state index < -0.39 is 5.97 Å².